The van der Waals surface area contributed by atoms with Crippen molar-refractivity contribution in [1.82, 2.24) is 0 Å². The third-order valence-electron chi connectivity index (χ3n) is 1.68. The molecule has 0 bridgehead atoms. The summed E-state index contributed by atoms with van der Waals surface area (Å²) >= 11 is 0. The molecule has 0 aliphatic heterocycles. The zero-order chi connectivity index (χ0) is 8.74. The second-order valence-corrected chi connectivity index (χ2v) is 2.62. The molecule has 0 saturated carbocycles. The molecule has 0 radical (unpaired) electrons. The van der Waals surface area contributed by atoms with Crippen LogP contribution in [0.15, 0.2) is 0 Å². The Morgan fingerprint density at radius 1 is 1.23 bits per heavy atom. The molecule has 0 fully saturated rings. The van der Waals surface area contributed by atoms with E-state index >= 15 is 0 Å². The summed E-state index contributed by atoms with van der Waals surface area (Å²) in [4.78, 5) is 0. The van der Waals surface area contributed by atoms with Crippen molar-refractivity contribution in [2.45, 2.75) is 24.9 Å². The van der Waals surface area contributed by atoms with Crippen molar-refractivity contribution < 1.29 is 4.39 Å². The van der Waals surface area contributed by atoms with Gasteiger partial charge in [-0.1, -0.05) is 0 Å². The van der Waals surface area contributed by atoms with Gasteiger partial charge in [-0.25, -0.2) is 4.39 Å². The summed E-state index contributed by atoms with van der Waals surface area (Å²) in [5, 5.41) is 0. The van der Waals surface area contributed by atoms with Crippen molar-refractivity contribution in [3.8, 4) is 12.3 Å². The van der Waals surface area contributed by atoms with E-state index in [2.05, 4.69) is 5.92 Å². The van der Waals surface area contributed by atoms with Gasteiger partial charge in [0.05, 0.1) is 0 Å². The number of nitrogens with two attached hydrogens (primary N) is 2. The van der Waals surface area contributed by atoms with Crippen LogP contribution in [0.4, 0.5) is 4.39 Å². The number of halogens is 3. The zero-order valence-electron chi connectivity index (χ0n) is 7.46. The number of hydrogen-bond acceptors (Lipinski definition) is 2. The van der Waals surface area contributed by atoms with E-state index in [9.17, 15) is 4.39 Å². The van der Waals surface area contributed by atoms with E-state index in [-0.39, 0.29) is 37.9 Å². The molecule has 0 spiro atoms. The molecule has 2 nitrogen and oxygen atoms in total. The maximum Gasteiger partial charge on any atom is 0.135 e. The van der Waals surface area contributed by atoms with Crippen LogP contribution in [0.1, 0.15) is 19.3 Å². The van der Waals surface area contributed by atoms with Crippen LogP contribution in [-0.2, 0) is 0 Å². The summed E-state index contributed by atoms with van der Waals surface area (Å²) in [5.74, 6) is 2.44. The minimum atomic E-state index is -1.41. The molecule has 80 valence electrons. The average Bonchev–Trinajstić information content (AvgIpc) is 2.05. The van der Waals surface area contributed by atoms with Gasteiger partial charge in [0.2, 0.25) is 0 Å². The fraction of sp³-hybridized carbons (Fsp3) is 0.750. The van der Waals surface area contributed by atoms with E-state index < -0.39 is 5.67 Å². The van der Waals surface area contributed by atoms with Crippen molar-refractivity contribution in [1.29, 1.82) is 0 Å². The average molecular weight is 231 g/mol. The van der Waals surface area contributed by atoms with Crippen molar-refractivity contribution in [2.24, 2.45) is 11.5 Å². The van der Waals surface area contributed by atoms with Gasteiger partial charge in [-0.15, -0.1) is 37.2 Å². The van der Waals surface area contributed by atoms with Gasteiger partial charge in [0, 0.05) is 19.5 Å². The lowest BCUT2D eigenvalue weighted by Gasteiger charge is -2.20. The molecule has 13 heavy (non-hydrogen) atoms. The molecule has 0 saturated heterocycles. The lowest BCUT2D eigenvalue weighted by atomic mass is 9.99. The van der Waals surface area contributed by atoms with Crippen LogP contribution in [0.2, 0.25) is 0 Å². The zero-order valence-corrected chi connectivity index (χ0v) is 9.10. The van der Waals surface area contributed by atoms with Crippen LogP contribution in [-0.4, -0.2) is 18.8 Å². The number of hydrogen-bond donors (Lipinski definition) is 2. The summed E-state index contributed by atoms with van der Waals surface area (Å²) < 4.78 is 13.3. The first-order valence-electron chi connectivity index (χ1n) is 3.71. The lowest BCUT2D eigenvalue weighted by molar-refractivity contribution is 0.167. The Labute approximate surface area is 91.4 Å². The van der Waals surface area contributed by atoms with Crippen molar-refractivity contribution in [2.75, 3.05) is 13.1 Å². The molecular weight excluding hydrogens is 214 g/mol. The Hall–Kier alpha value is -0.0100. The van der Waals surface area contributed by atoms with E-state index in [1.54, 1.807) is 0 Å². The third kappa shape index (κ3) is 8.32. The molecule has 0 heterocycles. The highest BCUT2D eigenvalue weighted by Crippen LogP contribution is 2.15. The number of terminal acetylenes is 1. The van der Waals surface area contributed by atoms with Crippen molar-refractivity contribution >= 4 is 24.8 Å². The van der Waals surface area contributed by atoms with Crippen LogP contribution in [0.5, 0.6) is 0 Å². The van der Waals surface area contributed by atoms with Crippen molar-refractivity contribution in [3.63, 3.8) is 0 Å². The Balaban J connectivity index is -0.000000500. The van der Waals surface area contributed by atoms with Crippen LogP contribution in [0.3, 0.4) is 0 Å². The second-order valence-electron chi connectivity index (χ2n) is 2.62. The smallest absolute Gasteiger partial charge is 0.135 e. The molecule has 0 aliphatic rings. The summed E-state index contributed by atoms with van der Waals surface area (Å²) in [6, 6.07) is 0. The Kier molecular flexibility index (Phi) is 14.5. The lowest BCUT2D eigenvalue weighted by Crippen LogP contribution is -2.40. The minimum absolute atomic E-state index is 0. The van der Waals surface area contributed by atoms with E-state index in [0.717, 1.165) is 0 Å². The van der Waals surface area contributed by atoms with Crippen molar-refractivity contribution in [3.05, 3.63) is 0 Å². The predicted octanol–water partition coefficient (Wildman–Crippen LogP) is 1.26. The Bertz CT molecular complexity index is 144. The summed E-state index contributed by atoms with van der Waals surface area (Å²) in [6.07, 6.45) is 6.61. The Morgan fingerprint density at radius 3 is 2.00 bits per heavy atom. The molecule has 5 heteroatoms. The third-order valence-corrected chi connectivity index (χ3v) is 1.68. The fourth-order valence-electron chi connectivity index (χ4n) is 0.795. The fourth-order valence-corrected chi connectivity index (χ4v) is 0.795. The van der Waals surface area contributed by atoms with Gasteiger partial charge in [-0.3, -0.25) is 0 Å². The molecule has 0 unspecified atom stereocenters. The van der Waals surface area contributed by atoms with E-state index in [1.165, 1.54) is 0 Å². The molecule has 0 aromatic carbocycles. The number of rotatable bonds is 5. The highest BCUT2D eigenvalue weighted by Gasteiger charge is 2.24. The van der Waals surface area contributed by atoms with Gasteiger partial charge in [-0.2, -0.15) is 0 Å². The maximum atomic E-state index is 13.3. The van der Waals surface area contributed by atoms with Crippen LogP contribution in [0, 0.1) is 12.3 Å². The Morgan fingerprint density at radius 2 is 1.69 bits per heavy atom. The normalized spacial score (nSPS) is 9.38. The van der Waals surface area contributed by atoms with Gasteiger partial charge < -0.3 is 11.5 Å². The predicted molar refractivity (Wildman–Crippen MR) is 59.1 cm³/mol. The number of alkyl halides is 1. The summed E-state index contributed by atoms with van der Waals surface area (Å²) in [6.45, 7) is -0.0395. The molecule has 4 N–H and O–H groups in total. The van der Waals surface area contributed by atoms with E-state index in [0.29, 0.717) is 19.3 Å². The molecule has 0 amide bonds. The first-order chi connectivity index (χ1) is 5.18. The van der Waals surface area contributed by atoms with E-state index in [4.69, 9.17) is 17.9 Å². The second kappa shape index (κ2) is 10.1. The maximum absolute atomic E-state index is 13.3. The minimum Gasteiger partial charge on any atom is -0.327 e. The molecule has 0 atom stereocenters. The first kappa shape index (κ1) is 18.7. The van der Waals surface area contributed by atoms with Gasteiger partial charge in [0.15, 0.2) is 0 Å². The summed E-state index contributed by atoms with van der Waals surface area (Å²) in [5.41, 5.74) is 8.98. The molecule has 0 rings (SSSR count). The standard InChI is InChI=1S/C8H15FN2.2ClH/c1-2-3-4-5-8(9,6-10)7-11;;/h1H,3-7,10-11H2;2*1H. The highest BCUT2D eigenvalue weighted by atomic mass is 35.5. The largest absolute Gasteiger partial charge is 0.327 e. The summed E-state index contributed by atoms with van der Waals surface area (Å²) in [7, 11) is 0. The monoisotopic (exact) mass is 230 g/mol. The quantitative estimate of drug-likeness (QED) is 0.552. The molecule has 0 aromatic heterocycles. The van der Waals surface area contributed by atoms with Gasteiger partial charge >= 0.3 is 0 Å². The highest BCUT2D eigenvalue weighted by molar-refractivity contribution is 5.85. The SMILES string of the molecule is C#CCCCC(F)(CN)CN.Cl.Cl. The van der Waals surface area contributed by atoms with Gasteiger partial charge in [0.25, 0.3) is 0 Å². The van der Waals surface area contributed by atoms with Crippen LogP contribution < -0.4 is 11.5 Å². The van der Waals surface area contributed by atoms with Crippen LogP contribution >= 0.6 is 24.8 Å². The van der Waals surface area contributed by atoms with E-state index in [1.807, 2.05) is 0 Å². The first-order valence-corrected chi connectivity index (χ1v) is 3.71. The van der Waals surface area contributed by atoms with Gasteiger partial charge in [-0.05, 0) is 12.8 Å². The topological polar surface area (TPSA) is 52.0 Å². The molecule has 0 aliphatic carbocycles. The number of unbranched alkanes of at least 4 members (excludes halogenated alkanes) is 1. The van der Waals surface area contributed by atoms with Crippen LogP contribution in [0.25, 0.3) is 0 Å². The molecule has 0 aromatic rings. The molecular formula is C8H17Cl2FN2. The van der Waals surface area contributed by atoms with Gasteiger partial charge in [0.1, 0.15) is 5.67 Å².